The number of amides is 1. The van der Waals surface area contributed by atoms with E-state index in [0.29, 0.717) is 13.0 Å². The fraction of sp³-hybridized carbons (Fsp3) is 0.900. The minimum absolute atomic E-state index is 0.125. The van der Waals surface area contributed by atoms with Crippen molar-refractivity contribution in [2.75, 3.05) is 20.1 Å². The maximum absolute atomic E-state index is 10.8. The van der Waals surface area contributed by atoms with Crippen LogP contribution in [0.25, 0.3) is 0 Å². The third-order valence-corrected chi connectivity index (χ3v) is 2.01. The minimum atomic E-state index is -0.663. The van der Waals surface area contributed by atoms with Crippen LogP contribution in [-0.4, -0.2) is 41.7 Å². The van der Waals surface area contributed by atoms with E-state index in [1.165, 1.54) is 0 Å². The number of unbranched alkanes of at least 4 members (excludes halogenated alkanes) is 1. The zero-order chi connectivity index (χ0) is 11.9. The molecule has 0 radical (unpaired) electrons. The van der Waals surface area contributed by atoms with Crippen LogP contribution in [0.1, 0.15) is 33.1 Å². The van der Waals surface area contributed by atoms with Crippen molar-refractivity contribution in [3.8, 4) is 0 Å². The smallest absolute Gasteiger partial charge is 0.233 e. The van der Waals surface area contributed by atoms with Crippen LogP contribution >= 0.6 is 0 Å². The molecule has 0 unspecified atom stereocenters. The van der Waals surface area contributed by atoms with Gasteiger partial charge in [-0.3, -0.25) is 10.2 Å². The number of carbonyl (C=O) groups excluding carboxylic acids is 1. The first-order valence-corrected chi connectivity index (χ1v) is 5.25. The minimum Gasteiger partial charge on any atom is -0.389 e. The molecule has 1 amide bonds. The summed E-state index contributed by atoms with van der Waals surface area (Å²) >= 11 is 0. The summed E-state index contributed by atoms with van der Waals surface area (Å²) in [5.41, 5.74) is 1.44. The normalized spacial score (nSPS) is 11.9. The Morgan fingerprint density at radius 3 is 2.53 bits per heavy atom. The Kier molecular flexibility index (Phi) is 6.47. The van der Waals surface area contributed by atoms with Crippen molar-refractivity contribution >= 4 is 5.91 Å². The highest BCUT2D eigenvalue weighted by Gasteiger charge is 2.14. The van der Waals surface area contributed by atoms with E-state index in [4.69, 9.17) is 5.84 Å². The fourth-order valence-corrected chi connectivity index (χ4v) is 1.48. The van der Waals surface area contributed by atoms with Crippen molar-refractivity contribution in [2.24, 2.45) is 5.84 Å². The van der Waals surface area contributed by atoms with E-state index in [0.717, 1.165) is 19.4 Å². The molecular weight excluding hydrogens is 194 g/mol. The van der Waals surface area contributed by atoms with E-state index >= 15 is 0 Å². The maximum Gasteiger partial charge on any atom is 0.233 e. The maximum atomic E-state index is 10.8. The molecule has 0 spiro atoms. The number of hydrogen-bond donors (Lipinski definition) is 3. The Bertz CT molecular complexity index is 190. The molecule has 0 aliphatic carbocycles. The molecule has 0 fully saturated rings. The highest BCUT2D eigenvalue weighted by Crippen LogP contribution is 2.04. The average molecular weight is 217 g/mol. The van der Waals surface area contributed by atoms with Crippen LogP contribution < -0.4 is 11.3 Å². The highest BCUT2D eigenvalue weighted by molar-refractivity contribution is 5.74. The van der Waals surface area contributed by atoms with Gasteiger partial charge < -0.3 is 10.0 Å². The van der Waals surface area contributed by atoms with Gasteiger partial charge >= 0.3 is 0 Å². The molecule has 0 heterocycles. The van der Waals surface area contributed by atoms with Crippen molar-refractivity contribution in [3.63, 3.8) is 0 Å². The van der Waals surface area contributed by atoms with Crippen molar-refractivity contribution in [1.29, 1.82) is 0 Å². The van der Waals surface area contributed by atoms with Gasteiger partial charge in [0.05, 0.1) is 5.60 Å². The molecule has 4 N–H and O–H groups in total. The van der Waals surface area contributed by atoms with E-state index in [1.54, 1.807) is 13.8 Å². The van der Waals surface area contributed by atoms with E-state index in [-0.39, 0.29) is 5.91 Å². The largest absolute Gasteiger partial charge is 0.389 e. The standard InChI is InChI=1S/C10H23N3O2/c1-10(2,15)8-13(3)7-5-4-6-9(14)12-11/h15H,4-8,11H2,1-3H3,(H,12,14). The third kappa shape index (κ3) is 9.65. The number of hydrazine groups is 1. The van der Waals surface area contributed by atoms with Crippen LogP contribution in [0.2, 0.25) is 0 Å². The quantitative estimate of drug-likeness (QED) is 0.240. The molecule has 0 rings (SSSR count). The molecule has 0 atom stereocenters. The van der Waals surface area contributed by atoms with E-state index in [2.05, 4.69) is 10.3 Å². The molecule has 90 valence electrons. The van der Waals surface area contributed by atoms with Gasteiger partial charge in [0.15, 0.2) is 0 Å². The fourth-order valence-electron chi connectivity index (χ4n) is 1.48. The summed E-state index contributed by atoms with van der Waals surface area (Å²) < 4.78 is 0. The first-order valence-electron chi connectivity index (χ1n) is 5.25. The number of nitrogens with two attached hydrogens (primary N) is 1. The summed E-state index contributed by atoms with van der Waals surface area (Å²) in [7, 11) is 1.96. The van der Waals surface area contributed by atoms with Gasteiger partial charge in [0.25, 0.3) is 0 Å². The lowest BCUT2D eigenvalue weighted by molar-refractivity contribution is -0.121. The summed E-state index contributed by atoms with van der Waals surface area (Å²) in [4.78, 5) is 12.9. The number of carbonyl (C=O) groups is 1. The molecule has 0 saturated heterocycles. The van der Waals surface area contributed by atoms with Gasteiger partial charge in [-0.15, -0.1) is 0 Å². The lowest BCUT2D eigenvalue weighted by Crippen LogP contribution is -2.36. The molecule has 0 saturated carbocycles. The Labute approximate surface area is 91.6 Å². The second-order valence-electron chi connectivity index (χ2n) is 4.57. The molecule has 0 bridgehead atoms. The van der Waals surface area contributed by atoms with Crippen molar-refractivity contribution < 1.29 is 9.90 Å². The SMILES string of the molecule is CN(CCCCC(=O)NN)CC(C)(C)O. The van der Waals surface area contributed by atoms with Gasteiger partial charge in [0, 0.05) is 13.0 Å². The predicted molar refractivity (Wildman–Crippen MR) is 60.0 cm³/mol. The van der Waals surface area contributed by atoms with Crippen LogP contribution in [0.5, 0.6) is 0 Å². The topological polar surface area (TPSA) is 78.6 Å². The summed E-state index contributed by atoms with van der Waals surface area (Å²) in [6.07, 6.45) is 2.21. The van der Waals surface area contributed by atoms with Gasteiger partial charge in [-0.05, 0) is 40.3 Å². The molecule has 0 aromatic heterocycles. The summed E-state index contributed by atoms with van der Waals surface area (Å²) in [6.45, 7) is 5.08. The summed E-state index contributed by atoms with van der Waals surface area (Å²) in [5, 5.41) is 9.55. The van der Waals surface area contributed by atoms with Crippen molar-refractivity contribution in [3.05, 3.63) is 0 Å². The molecule has 0 aliphatic rings. The Hall–Kier alpha value is -0.650. The number of likely N-dealkylation sites (N-methyl/N-ethyl adjacent to an activating group) is 1. The number of rotatable bonds is 7. The van der Waals surface area contributed by atoms with Crippen LogP contribution in [0.3, 0.4) is 0 Å². The molecule has 0 aromatic carbocycles. The van der Waals surface area contributed by atoms with Gasteiger partial charge in [-0.2, -0.15) is 0 Å². The lowest BCUT2D eigenvalue weighted by Gasteiger charge is -2.25. The molecular formula is C10H23N3O2. The zero-order valence-corrected chi connectivity index (χ0v) is 9.92. The number of nitrogens with zero attached hydrogens (tertiary/aromatic N) is 1. The Morgan fingerprint density at radius 2 is 2.07 bits per heavy atom. The first kappa shape index (κ1) is 14.3. The van der Waals surface area contributed by atoms with E-state index in [1.807, 2.05) is 7.05 Å². The Morgan fingerprint density at radius 1 is 1.47 bits per heavy atom. The molecule has 15 heavy (non-hydrogen) atoms. The average Bonchev–Trinajstić information content (AvgIpc) is 2.09. The number of nitrogens with one attached hydrogen (secondary N) is 1. The highest BCUT2D eigenvalue weighted by atomic mass is 16.3. The van der Waals surface area contributed by atoms with Gasteiger partial charge in [-0.25, -0.2) is 5.84 Å². The van der Waals surface area contributed by atoms with Crippen molar-refractivity contribution in [1.82, 2.24) is 10.3 Å². The van der Waals surface area contributed by atoms with Crippen LogP contribution in [-0.2, 0) is 4.79 Å². The lowest BCUT2D eigenvalue weighted by atomic mass is 10.1. The van der Waals surface area contributed by atoms with Gasteiger partial charge in [0.1, 0.15) is 0 Å². The second-order valence-corrected chi connectivity index (χ2v) is 4.57. The molecule has 0 aromatic rings. The zero-order valence-electron chi connectivity index (χ0n) is 9.92. The summed E-state index contributed by atoms with van der Waals surface area (Å²) in [5.74, 6) is 4.83. The van der Waals surface area contributed by atoms with Gasteiger partial charge in [0.2, 0.25) is 5.91 Å². The molecule has 0 aliphatic heterocycles. The molecule has 5 heteroatoms. The first-order chi connectivity index (χ1) is 6.85. The van der Waals surface area contributed by atoms with Crippen molar-refractivity contribution in [2.45, 2.75) is 38.7 Å². The predicted octanol–water partition coefficient (Wildman–Crippen LogP) is -0.151. The molecule has 5 nitrogen and oxygen atoms in total. The van der Waals surface area contributed by atoms with E-state index < -0.39 is 5.60 Å². The third-order valence-electron chi connectivity index (χ3n) is 2.01. The number of aliphatic hydroxyl groups is 1. The Balaban J connectivity index is 3.47. The van der Waals surface area contributed by atoms with Crippen LogP contribution in [0.4, 0.5) is 0 Å². The summed E-state index contributed by atoms with van der Waals surface area (Å²) in [6, 6.07) is 0. The monoisotopic (exact) mass is 217 g/mol. The van der Waals surface area contributed by atoms with E-state index in [9.17, 15) is 9.90 Å². The van der Waals surface area contributed by atoms with Gasteiger partial charge in [-0.1, -0.05) is 0 Å². The van der Waals surface area contributed by atoms with Crippen LogP contribution in [0.15, 0.2) is 0 Å². The van der Waals surface area contributed by atoms with Crippen LogP contribution in [0, 0.1) is 0 Å². The number of hydrogen-bond acceptors (Lipinski definition) is 4. The second kappa shape index (κ2) is 6.76.